The SMILES string of the molecule is CCNC(=NCC(C)(C)C(=O)NC)NCCCOc1ccccc1. The molecule has 0 aliphatic carbocycles. The second-order valence-electron chi connectivity index (χ2n) is 6.10. The molecule has 1 amide bonds. The zero-order valence-electron chi connectivity index (χ0n) is 15.2. The van der Waals surface area contributed by atoms with Gasteiger partial charge in [0, 0.05) is 20.1 Å². The van der Waals surface area contributed by atoms with E-state index in [-0.39, 0.29) is 5.91 Å². The average Bonchev–Trinajstić information content (AvgIpc) is 2.59. The minimum atomic E-state index is -0.534. The van der Waals surface area contributed by atoms with E-state index in [2.05, 4.69) is 20.9 Å². The molecule has 1 aromatic rings. The fourth-order valence-corrected chi connectivity index (χ4v) is 2.01. The zero-order chi connectivity index (χ0) is 17.8. The minimum absolute atomic E-state index is 0.0154. The van der Waals surface area contributed by atoms with E-state index in [1.54, 1.807) is 7.05 Å². The van der Waals surface area contributed by atoms with Crippen LogP contribution in [0.15, 0.2) is 35.3 Å². The number of nitrogens with zero attached hydrogens (tertiary/aromatic N) is 1. The van der Waals surface area contributed by atoms with Crippen molar-refractivity contribution < 1.29 is 9.53 Å². The summed E-state index contributed by atoms with van der Waals surface area (Å²) < 4.78 is 5.65. The second-order valence-corrected chi connectivity index (χ2v) is 6.10. The molecule has 0 aromatic heterocycles. The third-order valence-corrected chi connectivity index (χ3v) is 3.44. The normalized spacial score (nSPS) is 11.8. The molecule has 1 aromatic carbocycles. The Morgan fingerprint density at radius 2 is 1.92 bits per heavy atom. The highest BCUT2D eigenvalue weighted by atomic mass is 16.5. The number of carbonyl (C=O) groups is 1. The summed E-state index contributed by atoms with van der Waals surface area (Å²) in [6, 6.07) is 9.77. The Bertz CT molecular complexity index is 515. The van der Waals surface area contributed by atoms with Gasteiger partial charge in [0.2, 0.25) is 5.91 Å². The van der Waals surface area contributed by atoms with Crippen molar-refractivity contribution in [2.75, 3.05) is 33.3 Å². The predicted molar refractivity (Wildman–Crippen MR) is 98.4 cm³/mol. The summed E-state index contributed by atoms with van der Waals surface area (Å²) in [6.07, 6.45) is 0.859. The van der Waals surface area contributed by atoms with E-state index >= 15 is 0 Å². The number of aliphatic imine (C=N–C) groups is 1. The maximum atomic E-state index is 11.8. The Morgan fingerprint density at radius 1 is 1.21 bits per heavy atom. The molecule has 0 fully saturated rings. The smallest absolute Gasteiger partial charge is 0.227 e. The first-order valence-corrected chi connectivity index (χ1v) is 8.42. The number of nitrogens with one attached hydrogen (secondary N) is 3. The predicted octanol–water partition coefficient (Wildman–Crippen LogP) is 1.78. The summed E-state index contributed by atoms with van der Waals surface area (Å²) in [4.78, 5) is 16.3. The highest BCUT2D eigenvalue weighted by molar-refractivity contribution is 5.83. The van der Waals surface area contributed by atoms with Gasteiger partial charge in [0.15, 0.2) is 5.96 Å². The van der Waals surface area contributed by atoms with Crippen LogP contribution in [0.5, 0.6) is 5.75 Å². The molecule has 0 bridgehead atoms. The summed E-state index contributed by atoms with van der Waals surface area (Å²) in [5.74, 6) is 1.58. The Kier molecular flexibility index (Phi) is 8.68. The lowest BCUT2D eigenvalue weighted by molar-refractivity contribution is -0.128. The highest BCUT2D eigenvalue weighted by Gasteiger charge is 2.26. The molecule has 1 rings (SSSR count). The number of rotatable bonds is 9. The van der Waals surface area contributed by atoms with Crippen LogP contribution in [0.3, 0.4) is 0 Å². The highest BCUT2D eigenvalue weighted by Crippen LogP contribution is 2.15. The summed E-state index contributed by atoms with van der Waals surface area (Å²) >= 11 is 0. The molecule has 3 N–H and O–H groups in total. The first-order valence-electron chi connectivity index (χ1n) is 8.42. The zero-order valence-corrected chi connectivity index (χ0v) is 15.2. The standard InChI is InChI=1S/C18H30N4O2/c1-5-20-17(22-14-18(2,3)16(23)19-4)21-12-9-13-24-15-10-7-6-8-11-15/h6-8,10-11H,5,9,12-14H2,1-4H3,(H,19,23)(H2,20,21,22). The third kappa shape index (κ3) is 7.35. The number of guanidine groups is 1. The molecule has 0 aliphatic heterocycles. The Labute approximate surface area is 145 Å². The Balaban J connectivity index is 2.37. The lowest BCUT2D eigenvalue weighted by Crippen LogP contribution is -2.41. The summed E-state index contributed by atoms with van der Waals surface area (Å²) in [5.41, 5.74) is -0.534. The largest absolute Gasteiger partial charge is 0.494 e. The van der Waals surface area contributed by atoms with Crippen LogP contribution in [-0.4, -0.2) is 45.2 Å². The van der Waals surface area contributed by atoms with Gasteiger partial charge in [-0.05, 0) is 39.3 Å². The van der Waals surface area contributed by atoms with E-state index in [0.717, 1.165) is 25.3 Å². The fourth-order valence-electron chi connectivity index (χ4n) is 2.01. The molecular formula is C18H30N4O2. The molecule has 0 saturated heterocycles. The third-order valence-electron chi connectivity index (χ3n) is 3.44. The molecule has 6 nitrogen and oxygen atoms in total. The van der Waals surface area contributed by atoms with Gasteiger partial charge >= 0.3 is 0 Å². The average molecular weight is 334 g/mol. The number of ether oxygens (including phenoxy) is 1. The van der Waals surface area contributed by atoms with E-state index in [1.807, 2.05) is 51.1 Å². The Morgan fingerprint density at radius 3 is 2.54 bits per heavy atom. The van der Waals surface area contributed by atoms with Crippen LogP contribution in [-0.2, 0) is 4.79 Å². The number of amides is 1. The molecule has 0 aliphatic rings. The van der Waals surface area contributed by atoms with E-state index in [9.17, 15) is 4.79 Å². The van der Waals surface area contributed by atoms with Crippen LogP contribution >= 0.6 is 0 Å². The van der Waals surface area contributed by atoms with Crippen LogP contribution in [0.25, 0.3) is 0 Å². The molecule has 6 heteroatoms. The lowest BCUT2D eigenvalue weighted by atomic mass is 9.93. The number of carbonyl (C=O) groups excluding carboxylic acids is 1. The summed E-state index contributed by atoms with van der Waals surface area (Å²) in [6.45, 7) is 8.35. The van der Waals surface area contributed by atoms with Gasteiger partial charge in [-0.1, -0.05) is 18.2 Å². The lowest BCUT2D eigenvalue weighted by Gasteiger charge is -2.21. The van der Waals surface area contributed by atoms with Gasteiger partial charge in [-0.25, -0.2) is 0 Å². The molecule has 0 saturated carbocycles. The maximum absolute atomic E-state index is 11.8. The van der Waals surface area contributed by atoms with Crippen LogP contribution in [0.4, 0.5) is 0 Å². The molecule has 0 spiro atoms. The first kappa shape index (κ1) is 19.8. The van der Waals surface area contributed by atoms with Crippen molar-refractivity contribution >= 4 is 11.9 Å². The van der Waals surface area contributed by atoms with Crippen molar-refractivity contribution in [3.8, 4) is 5.75 Å². The van der Waals surface area contributed by atoms with Gasteiger partial charge in [0.1, 0.15) is 5.75 Å². The minimum Gasteiger partial charge on any atom is -0.494 e. The second kappa shape index (κ2) is 10.5. The Hall–Kier alpha value is -2.24. The number of benzene rings is 1. The molecular weight excluding hydrogens is 304 g/mol. The van der Waals surface area contributed by atoms with Gasteiger partial charge in [0.05, 0.1) is 18.6 Å². The molecule has 24 heavy (non-hydrogen) atoms. The number of para-hydroxylation sites is 1. The molecule has 134 valence electrons. The number of hydrogen-bond donors (Lipinski definition) is 3. The van der Waals surface area contributed by atoms with Crippen LogP contribution < -0.4 is 20.7 Å². The van der Waals surface area contributed by atoms with Crippen LogP contribution in [0.1, 0.15) is 27.2 Å². The van der Waals surface area contributed by atoms with Crippen molar-refractivity contribution in [3.05, 3.63) is 30.3 Å². The van der Waals surface area contributed by atoms with Crippen molar-refractivity contribution in [1.29, 1.82) is 0 Å². The number of hydrogen-bond acceptors (Lipinski definition) is 3. The van der Waals surface area contributed by atoms with Gasteiger partial charge in [-0.2, -0.15) is 0 Å². The maximum Gasteiger partial charge on any atom is 0.227 e. The van der Waals surface area contributed by atoms with Crippen LogP contribution in [0, 0.1) is 5.41 Å². The molecule has 0 radical (unpaired) electrons. The van der Waals surface area contributed by atoms with Gasteiger partial charge < -0.3 is 20.7 Å². The molecule has 0 atom stereocenters. The summed E-state index contributed by atoms with van der Waals surface area (Å²) in [7, 11) is 1.64. The molecule has 0 heterocycles. The van der Waals surface area contributed by atoms with E-state index in [1.165, 1.54) is 0 Å². The monoisotopic (exact) mass is 334 g/mol. The van der Waals surface area contributed by atoms with Crippen molar-refractivity contribution in [1.82, 2.24) is 16.0 Å². The van der Waals surface area contributed by atoms with Crippen molar-refractivity contribution in [2.45, 2.75) is 27.2 Å². The molecule has 0 unspecified atom stereocenters. The topological polar surface area (TPSA) is 74.8 Å². The van der Waals surface area contributed by atoms with Gasteiger partial charge in [-0.3, -0.25) is 9.79 Å². The van der Waals surface area contributed by atoms with E-state index in [0.29, 0.717) is 19.1 Å². The van der Waals surface area contributed by atoms with Crippen LogP contribution in [0.2, 0.25) is 0 Å². The van der Waals surface area contributed by atoms with E-state index < -0.39 is 5.41 Å². The fraction of sp³-hybridized carbons (Fsp3) is 0.556. The van der Waals surface area contributed by atoms with Gasteiger partial charge in [-0.15, -0.1) is 0 Å². The van der Waals surface area contributed by atoms with Crippen molar-refractivity contribution in [2.24, 2.45) is 10.4 Å². The summed E-state index contributed by atoms with van der Waals surface area (Å²) in [5, 5.41) is 9.12. The first-order chi connectivity index (χ1) is 11.5. The van der Waals surface area contributed by atoms with Crippen molar-refractivity contribution in [3.63, 3.8) is 0 Å². The quantitative estimate of drug-likeness (QED) is 0.366. The van der Waals surface area contributed by atoms with E-state index in [4.69, 9.17) is 4.74 Å². The van der Waals surface area contributed by atoms with Gasteiger partial charge in [0.25, 0.3) is 0 Å².